The fourth-order valence-electron chi connectivity index (χ4n) is 3.01. The quantitative estimate of drug-likeness (QED) is 0.618. The monoisotopic (exact) mass is 387 g/mol. The van der Waals surface area contributed by atoms with Gasteiger partial charge in [-0.05, 0) is 42.5 Å². The van der Waals surface area contributed by atoms with Crippen molar-refractivity contribution in [2.24, 2.45) is 0 Å². The molecule has 0 saturated carbocycles. The van der Waals surface area contributed by atoms with Crippen molar-refractivity contribution in [1.29, 1.82) is 0 Å². The van der Waals surface area contributed by atoms with Gasteiger partial charge in [-0.15, -0.1) is 0 Å². The molecule has 1 aliphatic heterocycles. The summed E-state index contributed by atoms with van der Waals surface area (Å²) in [4.78, 5) is 11.5. The lowest BCUT2D eigenvalue weighted by Crippen LogP contribution is -2.25. The Labute approximate surface area is 155 Å². The van der Waals surface area contributed by atoms with Gasteiger partial charge in [0.05, 0.1) is 17.2 Å². The number of amides is 1. The van der Waals surface area contributed by atoms with Crippen LogP contribution in [0.4, 0.5) is 11.4 Å². The Morgan fingerprint density at radius 3 is 2.85 bits per heavy atom. The summed E-state index contributed by atoms with van der Waals surface area (Å²) < 4.78 is 35.1. The molecule has 0 saturated heterocycles. The number of rotatable bonds is 5. The smallest absolute Gasteiger partial charge is 0.262 e. The molecule has 0 fully saturated rings. The number of aliphatic hydroxyl groups excluding tert-OH is 1. The molecular formula is C18H17N3O5S. The van der Waals surface area contributed by atoms with E-state index < -0.39 is 10.0 Å². The zero-order chi connectivity index (χ0) is 19.0. The molecule has 4 rings (SSSR count). The summed E-state index contributed by atoms with van der Waals surface area (Å²) in [6.45, 7) is 0.404. The Bertz CT molecular complexity index is 1140. The number of aromatic nitrogens is 1. The van der Waals surface area contributed by atoms with E-state index in [2.05, 4.69) is 10.0 Å². The minimum atomic E-state index is -3.84. The molecule has 0 spiro atoms. The normalized spacial score (nSPS) is 13.7. The molecule has 0 radical (unpaired) electrons. The standard InChI is InChI=1S/C18H17N3O5S/c22-8-7-21-6-5-12-9-13(1-3-16(12)21)20-27(24,25)14-2-4-17-15(10-14)19-18(23)11-26-17/h1-6,9-10,20,22H,7-8,11H2,(H,19,23). The van der Waals surface area contributed by atoms with E-state index in [1.807, 2.05) is 16.8 Å². The molecule has 0 aliphatic carbocycles. The summed E-state index contributed by atoms with van der Waals surface area (Å²) in [6, 6.07) is 11.3. The SMILES string of the molecule is O=C1COc2ccc(S(=O)(=O)Nc3ccc4c(ccn4CCO)c3)cc2N1. The number of hydrogen-bond donors (Lipinski definition) is 3. The molecule has 2 aromatic carbocycles. The summed E-state index contributed by atoms with van der Waals surface area (Å²) in [5.41, 5.74) is 1.65. The molecule has 27 heavy (non-hydrogen) atoms. The third-order valence-electron chi connectivity index (χ3n) is 4.26. The van der Waals surface area contributed by atoms with E-state index >= 15 is 0 Å². The van der Waals surface area contributed by atoms with Crippen LogP contribution in [0.1, 0.15) is 0 Å². The fraction of sp³-hybridized carbons (Fsp3) is 0.167. The molecule has 9 heteroatoms. The van der Waals surface area contributed by atoms with Gasteiger partial charge in [0.15, 0.2) is 6.61 Å². The molecule has 1 aromatic heterocycles. The van der Waals surface area contributed by atoms with Crippen LogP contribution in [0, 0.1) is 0 Å². The van der Waals surface area contributed by atoms with Crippen molar-refractivity contribution < 1.29 is 23.1 Å². The van der Waals surface area contributed by atoms with Gasteiger partial charge in [0.1, 0.15) is 5.75 Å². The van der Waals surface area contributed by atoms with E-state index in [9.17, 15) is 13.2 Å². The highest BCUT2D eigenvalue weighted by Gasteiger charge is 2.21. The van der Waals surface area contributed by atoms with E-state index in [1.54, 1.807) is 18.2 Å². The van der Waals surface area contributed by atoms with Crippen molar-refractivity contribution >= 4 is 38.2 Å². The summed E-state index contributed by atoms with van der Waals surface area (Å²) in [7, 11) is -3.84. The van der Waals surface area contributed by atoms with Gasteiger partial charge >= 0.3 is 0 Å². The van der Waals surface area contributed by atoms with Crippen LogP contribution >= 0.6 is 0 Å². The number of nitrogens with one attached hydrogen (secondary N) is 2. The molecule has 8 nitrogen and oxygen atoms in total. The van der Waals surface area contributed by atoms with Gasteiger partial charge in [0, 0.05) is 29.3 Å². The van der Waals surface area contributed by atoms with Crippen LogP contribution in [-0.2, 0) is 21.4 Å². The highest BCUT2D eigenvalue weighted by Crippen LogP contribution is 2.31. The topological polar surface area (TPSA) is 110 Å². The number of aliphatic hydroxyl groups is 1. The van der Waals surface area contributed by atoms with E-state index in [-0.39, 0.29) is 24.0 Å². The molecule has 2 heterocycles. The molecule has 1 amide bonds. The number of fused-ring (bicyclic) bond motifs is 2. The van der Waals surface area contributed by atoms with Gasteiger partial charge < -0.3 is 19.7 Å². The highest BCUT2D eigenvalue weighted by atomic mass is 32.2. The second-order valence-corrected chi connectivity index (χ2v) is 7.79. The van der Waals surface area contributed by atoms with E-state index in [1.165, 1.54) is 18.2 Å². The Morgan fingerprint density at radius 2 is 2.04 bits per heavy atom. The zero-order valence-electron chi connectivity index (χ0n) is 14.2. The maximum atomic E-state index is 12.7. The van der Waals surface area contributed by atoms with Crippen molar-refractivity contribution in [3.8, 4) is 5.75 Å². The van der Waals surface area contributed by atoms with Crippen molar-refractivity contribution in [1.82, 2.24) is 4.57 Å². The number of carbonyl (C=O) groups excluding carboxylic acids is 1. The third kappa shape index (κ3) is 3.34. The number of carbonyl (C=O) groups is 1. The second kappa shape index (κ2) is 6.60. The van der Waals surface area contributed by atoms with Crippen molar-refractivity contribution in [2.45, 2.75) is 11.4 Å². The highest BCUT2D eigenvalue weighted by molar-refractivity contribution is 7.92. The lowest BCUT2D eigenvalue weighted by atomic mass is 10.2. The number of hydrogen-bond acceptors (Lipinski definition) is 5. The third-order valence-corrected chi connectivity index (χ3v) is 5.64. The van der Waals surface area contributed by atoms with Crippen molar-refractivity contribution in [2.75, 3.05) is 23.3 Å². The molecule has 0 atom stereocenters. The first-order valence-electron chi connectivity index (χ1n) is 8.25. The lowest BCUT2D eigenvalue weighted by Gasteiger charge is -2.18. The van der Waals surface area contributed by atoms with Gasteiger partial charge in [-0.2, -0.15) is 0 Å². The largest absolute Gasteiger partial charge is 0.482 e. The lowest BCUT2D eigenvalue weighted by molar-refractivity contribution is -0.118. The molecular weight excluding hydrogens is 370 g/mol. The van der Waals surface area contributed by atoms with E-state index in [0.717, 1.165) is 10.9 Å². The van der Waals surface area contributed by atoms with Gasteiger partial charge in [-0.3, -0.25) is 9.52 Å². The number of ether oxygens (including phenoxy) is 1. The van der Waals surface area contributed by atoms with Crippen LogP contribution in [0.2, 0.25) is 0 Å². The molecule has 3 aromatic rings. The van der Waals surface area contributed by atoms with Crippen LogP contribution in [0.5, 0.6) is 5.75 Å². The summed E-state index contributed by atoms with van der Waals surface area (Å²) in [6.07, 6.45) is 1.84. The Hall–Kier alpha value is -3.04. The number of nitrogens with zero attached hydrogens (tertiary/aromatic N) is 1. The molecule has 0 bridgehead atoms. The van der Waals surface area contributed by atoms with Crippen LogP contribution in [0.3, 0.4) is 0 Å². The fourth-order valence-corrected chi connectivity index (χ4v) is 4.09. The molecule has 140 valence electrons. The molecule has 1 aliphatic rings. The average Bonchev–Trinajstić information content (AvgIpc) is 3.03. The van der Waals surface area contributed by atoms with Gasteiger partial charge in [0.2, 0.25) is 0 Å². The average molecular weight is 387 g/mol. The number of anilines is 2. The van der Waals surface area contributed by atoms with Crippen molar-refractivity contribution in [3.05, 3.63) is 48.7 Å². The number of sulfonamides is 1. The van der Waals surface area contributed by atoms with Crippen molar-refractivity contribution in [3.63, 3.8) is 0 Å². The minimum Gasteiger partial charge on any atom is -0.482 e. The first kappa shape index (κ1) is 17.4. The van der Waals surface area contributed by atoms with Gasteiger partial charge in [0.25, 0.3) is 15.9 Å². The molecule has 3 N–H and O–H groups in total. The van der Waals surface area contributed by atoms with Crippen LogP contribution in [-0.4, -0.2) is 37.2 Å². The van der Waals surface area contributed by atoms with Crippen LogP contribution in [0.25, 0.3) is 10.9 Å². The first-order chi connectivity index (χ1) is 13.0. The van der Waals surface area contributed by atoms with Crippen LogP contribution < -0.4 is 14.8 Å². The Morgan fingerprint density at radius 1 is 1.19 bits per heavy atom. The van der Waals surface area contributed by atoms with Crippen LogP contribution in [0.15, 0.2) is 53.6 Å². The first-order valence-corrected chi connectivity index (χ1v) is 9.74. The summed E-state index contributed by atoms with van der Waals surface area (Å²) >= 11 is 0. The Balaban J connectivity index is 1.62. The van der Waals surface area contributed by atoms with E-state index in [0.29, 0.717) is 23.7 Å². The summed E-state index contributed by atoms with van der Waals surface area (Å²) in [5, 5.41) is 12.5. The van der Waals surface area contributed by atoms with Gasteiger partial charge in [-0.25, -0.2) is 8.42 Å². The predicted molar refractivity (Wildman–Crippen MR) is 100 cm³/mol. The molecule has 0 unspecified atom stereocenters. The Kier molecular flexibility index (Phi) is 4.25. The van der Waals surface area contributed by atoms with Gasteiger partial charge in [-0.1, -0.05) is 0 Å². The minimum absolute atomic E-state index is 0.0185. The number of benzene rings is 2. The maximum absolute atomic E-state index is 12.7. The maximum Gasteiger partial charge on any atom is 0.262 e. The summed E-state index contributed by atoms with van der Waals surface area (Å²) in [5.74, 6) is 0.100. The zero-order valence-corrected chi connectivity index (χ0v) is 15.0. The van der Waals surface area contributed by atoms with E-state index in [4.69, 9.17) is 9.84 Å². The second-order valence-electron chi connectivity index (χ2n) is 6.11. The predicted octanol–water partition coefficient (Wildman–Crippen LogP) is 1.77.